The second-order valence-electron chi connectivity index (χ2n) is 10.1. The Balaban J connectivity index is 1.75. The first-order chi connectivity index (χ1) is 14.2. The zero-order valence-electron chi connectivity index (χ0n) is 19.9. The molecule has 2 aliphatic heterocycles. The Morgan fingerprint density at radius 2 is 1.61 bits per heavy atom. The number of hydrogen-bond donors (Lipinski definition) is 0. The van der Waals surface area contributed by atoms with Crippen molar-refractivity contribution in [2.75, 3.05) is 38.2 Å². The fourth-order valence-electron chi connectivity index (χ4n) is 3.58. The summed E-state index contributed by atoms with van der Waals surface area (Å²) in [5.74, 6) is 0.126. The van der Waals surface area contributed by atoms with E-state index in [0.29, 0.717) is 43.1 Å². The number of ether oxygens (including phenoxy) is 2. The van der Waals surface area contributed by atoms with Crippen molar-refractivity contribution in [3.63, 3.8) is 0 Å². The minimum absolute atomic E-state index is 0.312. The molecule has 172 valence electrons. The predicted octanol–water partition coefficient (Wildman–Crippen LogP) is 3.19. The quantitative estimate of drug-likeness (QED) is 0.679. The van der Waals surface area contributed by atoms with E-state index in [2.05, 4.69) is 0 Å². The minimum atomic E-state index is -0.808. The lowest BCUT2D eigenvalue weighted by Gasteiger charge is -2.37. The SMILES string of the molecule is COc1cc(B2OC(C)(C)C(C)(C)O2)c(F)cc1N1CCN(C(=O)OC(C)(C)C)CC1. The zero-order chi connectivity index (χ0) is 23.2. The van der Waals surface area contributed by atoms with Crippen molar-refractivity contribution >= 4 is 24.4 Å². The normalized spacial score (nSPS) is 20.7. The van der Waals surface area contributed by atoms with E-state index in [9.17, 15) is 4.79 Å². The fraction of sp³-hybridized carbons (Fsp3) is 0.682. The number of carbonyl (C=O) groups excluding carboxylic acids is 1. The molecule has 1 aromatic carbocycles. The van der Waals surface area contributed by atoms with Crippen LogP contribution in [0.5, 0.6) is 5.75 Å². The van der Waals surface area contributed by atoms with Crippen molar-refractivity contribution < 1.29 is 28.0 Å². The molecule has 2 saturated heterocycles. The third-order valence-electron chi connectivity index (χ3n) is 6.08. The van der Waals surface area contributed by atoms with Crippen molar-refractivity contribution in [2.24, 2.45) is 0 Å². The fourth-order valence-corrected chi connectivity index (χ4v) is 3.58. The average Bonchev–Trinajstić information content (AvgIpc) is 2.87. The standard InChI is InChI=1S/C22H34BFN2O5/c1-20(2,3)29-19(27)26-11-9-25(10-12-26)17-14-16(24)15(13-18(17)28-8)23-30-21(4,5)22(6,7)31-23/h13-14H,9-12H2,1-8H3. The third kappa shape index (κ3) is 4.93. The molecular weight excluding hydrogens is 402 g/mol. The van der Waals surface area contributed by atoms with Crippen LogP contribution >= 0.6 is 0 Å². The van der Waals surface area contributed by atoms with Crippen LogP contribution in [0.2, 0.25) is 0 Å². The van der Waals surface area contributed by atoms with Crippen LogP contribution in [0.25, 0.3) is 0 Å². The second-order valence-corrected chi connectivity index (χ2v) is 10.1. The van der Waals surface area contributed by atoms with Crippen LogP contribution < -0.4 is 15.1 Å². The maximum Gasteiger partial charge on any atom is 0.497 e. The average molecular weight is 436 g/mol. The van der Waals surface area contributed by atoms with Crippen LogP contribution in [0.3, 0.4) is 0 Å². The van der Waals surface area contributed by atoms with Crippen LogP contribution in [-0.2, 0) is 14.0 Å². The number of carbonyl (C=O) groups is 1. The number of halogens is 1. The Morgan fingerprint density at radius 1 is 1.06 bits per heavy atom. The number of methoxy groups -OCH3 is 1. The summed E-state index contributed by atoms with van der Waals surface area (Å²) in [4.78, 5) is 16.0. The summed E-state index contributed by atoms with van der Waals surface area (Å²) >= 11 is 0. The van der Waals surface area contributed by atoms with Crippen molar-refractivity contribution in [2.45, 2.75) is 65.3 Å². The van der Waals surface area contributed by atoms with Gasteiger partial charge in [-0.05, 0) is 54.5 Å². The van der Waals surface area contributed by atoms with Gasteiger partial charge in [0, 0.05) is 37.7 Å². The maximum absolute atomic E-state index is 15.1. The molecule has 0 aliphatic carbocycles. The summed E-state index contributed by atoms with van der Waals surface area (Å²) in [5, 5.41) is 0. The summed E-state index contributed by atoms with van der Waals surface area (Å²) in [5.41, 5.74) is -0.706. The van der Waals surface area contributed by atoms with Crippen molar-refractivity contribution in [1.82, 2.24) is 4.90 Å². The first kappa shape index (κ1) is 23.7. The molecule has 7 nitrogen and oxygen atoms in total. The van der Waals surface area contributed by atoms with Gasteiger partial charge in [-0.3, -0.25) is 0 Å². The Morgan fingerprint density at radius 3 is 2.10 bits per heavy atom. The molecule has 2 heterocycles. The molecule has 0 unspecified atom stereocenters. The van der Waals surface area contributed by atoms with Gasteiger partial charge in [-0.25, -0.2) is 9.18 Å². The zero-order valence-corrected chi connectivity index (χ0v) is 19.9. The van der Waals surface area contributed by atoms with E-state index in [0.717, 1.165) is 0 Å². The Kier molecular flexibility index (Phi) is 6.23. The van der Waals surface area contributed by atoms with E-state index in [4.69, 9.17) is 18.8 Å². The molecule has 0 aromatic heterocycles. The Labute approximate surface area is 184 Å². The summed E-state index contributed by atoms with van der Waals surface area (Å²) in [6, 6.07) is 3.11. The van der Waals surface area contributed by atoms with Gasteiger partial charge in [0.2, 0.25) is 0 Å². The first-order valence-corrected chi connectivity index (χ1v) is 10.7. The number of hydrogen-bond acceptors (Lipinski definition) is 6. The lowest BCUT2D eigenvalue weighted by atomic mass is 9.78. The van der Waals surface area contributed by atoms with E-state index in [-0.39, 0.29) is 6.09 Å². The van der Waals surface area contributed by atoms with Crippen LogP contribution in [0.4, 0.5) is 14.9 Å². The second kappa shape index (κ2) is 8.17. The van der Waals surface area contributed by atoms with Gasteiger partial charge in [0.1, 0.15) is 17.2 Å². The molecule has 31 heavy (non-hydrogen) atoms. The van der Waals surface area contributed by atoms with E-state index in [1.807, 2.05) is 53.4 Å². The van der Waals surface area contributed by atoms with E-state index < -0.39 is 29.7 Å². The first-order valence-electron chi connectivity index (χ1n) is 10.7. The number of amides is 1. The Bertz CT molecular complexity index is 816. The van der Waals surface area contributed by atoms with Gasteiger partial charge in [0.25, 0.3) is 0 Å². The molecule has 1 aromatic rings. The highest BCUT2D eigenvalue weighted by atomic mass is 19.1. The molecule has 0 bridgehead atoms. The summed E-state index contributed by atoms with van der Waals surface area (Å²) in [7, 11) is 0.749. The molecule has 0 radical (unpaired) electrons. The highest BCUT2D eigenvalue weighted by molar-refractivity contribution is 6.62. The molecule has 0 atom stereocenters. The largest absolute Gasteiger partial charge is 0.497 e. The van der Waals surface area contributed by atoms with E-state index in [1.54, 1.807) is 18.1 Å². The smallest absolute Gasteiger partial charge is 0.495 e. The number of anilines is 1. The number of rotatable bonds is 3. The number of piperazine rings is 1. The van der Waals surface area contributed by atoms with Crippen molar-refractivity contribution in [3.05, 3.63) is 17.9 Å². The monoisotopic (exact) mass is 436 g/mol. The number of benzene rings is 1. The molecule has 2 fully saturated rings. The van der Waals surface area contributed by atoms with Crippen molar-refractivity contribution in [1.29, 1.82) is 0 Å². The summed E-state index contributed by atoms with van der Waals surface area (Å²) in [6.45, 7) is 15.3. The minimum Gasteiger partial charge on any atom is -0.495 e. The van der Waals surface area contributed by atoms with Gasteiger partial charge >= 0.3 is 13.2 Å². The highest BCUT2D eigenvalue weighted by Crippen LogP contribution is 2.38. The lowest BCUT2D eigenvalue weighted by molar-refractivity contribution is 0.00578. The van der Waals surface area contributed by atoms with Gasteiger partial charge in [-0.15, -0.1) is 0 Å². The van der Waals surface area contributed by atoms with Crippen LogP contribution in [0, 0.1) is 5.82 Å². The molecule has 0 saturated carbocycles. The van der Waals surface area contributed by atoms with Crippen LogP contribution in [-0.4, -0.2) is 68.2 Å². The van der Waals surface area contributed by atoms with E-state index >= 15 is 4.39 Å². The highest BCUT2D eigenvalue weighted by Gasteiger charge is 2.52. The predicted molar refractivity (Wildman–Crippen MR) is 119 cm³/mol. The Hall–Kier alpha value is -2.00. The van der Waals surface area contributed by atoms with Gasteiger partial charge in [-0.2, -0.15) is 0 Å². The van der Waals surface area contributed by atoms with E-state index in [1.165, 1.54) is 6.07 Å². The summed E-state index contributed by atoms with van der Waals surface area (Å²) in [6.07, 6.45) is -0.332. The molecule has 9 heteroatoms. The lowest BCUT2D eigenvalue weighted by Crippen LogP contribution is -2.50. The molecule has 0 N–H and O–H groups in total. The molecule has 1 amide bonds. The molecule has 3 rings (SSSR count). The summed E-state index contributed by atoms with van der Waals surface area (Å²) < 4.78 is 38.2. The molecule has 0 spiro atoms. The van der Waals surface area contributed by atoms with Gasteiger partial charge in [-0.1, -0.05) is 0 Å². The van der Waals surface area contributed by atoms with Crippen LogP contribution in [0.15, 0.2) is 12.1 Å². The van der Waals surface area contributed by atoms with Gasteiger partial charge in [0.15, 0.2) is 0 Å². The maximum atomic E-state index is 15.1. The van der Waals surface area contributed by atoms with Crippen molar-refractivity contribution in [3.8, 4) is 5.75 Å². The molecular formula is C22H34BFN2O5. The van der Waals surface area contributed by atoms with Gasteiger partial charge < -0.3 is 28.6 Å². The molecule has 2 aliphatic rings. The third-order valence-corrected chi connectivity index (χ3v) is 6.08. The topological polar surface area (TPSA) is 60.5 Å². The number of nitrogens with zero attached hydrogens (tertiary/aromatic N) is 2. The van der Waals surface area contributed by atoms with Gasteiger partial charge in [0.05, 0.1) is 24.0 Å². The van der Waals surface area contributed by atoms with Crippen LogP contribution in [0.1, 0.15) is 48.5 Å².